The minimum absolute atomic E-state index is 0.0291. The summed E-state index contributed by atoms with van der Waals surface area (Å²) in [6.07, 6.45) is 2.98. The minimum Gasteiger partial charge on any atom is -0.493 e. The van der Waals surface area contributed by atoms with Crippen LogP contribution in [-0.2, 0) is 11.2 Å². The number of hydrogen-bond acceptors (Lipinski definition) is 6. The van der Waals surface area contributed by atoms with Gasteiger partial charge in [-0.25, -0.2) is 5.43 Å². The second-order valence-electron chi connectivity index (χ2n) is 7.08. The Kier molecular flexibility index (Phi) is 4.74. The van der Waals surface area contributed by atoms with Crippen molar-refractivity contribution in [1.82, 2.24) is 26.0 Å². The summed E-state index contributed by atoms with van der Waals surface area (Å²) < 4.78 is 5.72. The zero-order chi connectivity index (χ0) is 18.1. The molecule has 0 aromatic heterocycles. The molecular formula is C19H27N5O2. The topological polar surface area (TPSA) is 68.9 Å². The third-order valence-electron chi connectivity index (χ3n) is 5.61. The van der Waals surface area contributed by atoms with Crippen LogP contribution in [0.1, 0.15) is 24.1 Å². The van der Waals surface area contributed by atoms with Crippen molar-refractivity contribution in [2.24, 2.45) is 0 Å². The fourth-order valence-corrected chi connectivity index (χ4v) is 3.88. The Hall–Kier alpha value is -2.25. The highest BCUT2D eigenvalue weighted by molar-refractivity contribution is 5.83. The lowest BCUT2D eigenvalue weighted by Crippen LogP contribution is -2.49. The number of likely N-dealkylation sites (N-methyl/N-ethyl adjacent to an activating group) is 1. The molecule has 0 saturated carbocycles. The summed E-state index contributed by atoms with van der Waals surface area (Å²) in [5, 5.41) is 2.67. The first-order chi connectivity index (χ1) is 12.7. The van der Waals surface area contributed by atoms with Gasteiger partial charge in [-0.1, -0.05) is 12.1 Å². The van der Waals surface area contributed by atoms with Gasteiger partial charge in [0.05, 0.1) is 6.61 Å². The minimum atomic E-state index is -0.307. The molecule has 0 bridgehead atoms. The normalized spacial score (nSPS) is 23.7. The lowest BCUT2D eigenvalue weighted by molar-refractivity contribution is -0.121. The summed E-state index contributed by atoms with van der Waals surface area (Å²) in [5.74, 6) is 2.02. The first-order valence-electron chi connectivity index (χ1n) is 9.35. The Balaban J connectivity index is 1.36. The summed E-state index contributed by atoms with van der Waals surface area (Å²) in [6, 6.07) is 6.72. The van der Waals surface area contributed by atoms with Crippen molar-refractivity contribution in [1.29, 1.82) is 0 Å². The molecule has 3 heterocycles. The van der Waals surface area contributed by atoms with Crippen molar-refractivity contribution in [3.05, 3.63) is 41.2 Å². The van der Waals surface area contributed by atoms with Crippen molar-refractivity contribution in [2.75, 3.05) is 39.8 Å². The zero-order valence-electron chi connectivity index (χ0n) is 15.4. The lowest BCUT2D eigenvalue weighted by atomic mass is 10.0. The quantitative estimate of drug-likeness (QED) is 0.723. The number of piperazine rings is 1. The number of hydrogen-bond donors (Lipinski definition) is 3. The highest BCUT2D eigenvalue weighted by Gasteiger charge is 2.28. The second kappa shape index (κ2) is 7.17. The largest absolute Gasteiger partial charge is 0.493 e. The van der Waals surface area contributed by atoms with Gasteiger partial charge in [0.25, 0.3) is 0 Å². The van der Waals surface area contributed by atoms with Crippen LogP contribution >= 0.6 is 0 Å². The second-order valence-corrected chi connectivity index (χ2v) is 7.08. The summed E-state index contributed by atoms with van der Waals surface area (Å²) in [5.41, 5.74) is 8.79. The van der Waals surface area contributed by atoms with Gasteiger partial charge in [-0.2, -0.15) is 0 Å². The molecule has 2 unspecified atom stereocenters. The molecular weight excluding hydrogens is 330 g/mol. The molecule has 140 valence electrons. The first kappa shape index (κ1) is 17.2. The Bertz CT molecular complexity index is 712. The number of hydrazine groups is 1. The number of fused-ring (bicyclic) bond motifs is 1. The predicted octanol–water partition coefficient (Wildman–Crippen LogP) is 0.364. The average molecular weight is 357 g/mol. The van der Waals surface area contributed by atoms with Gasteiger partial charge in [0, 0.05) is 45.7 Å². The maximum atomic E-state index is 11.7. The molecule has 3 aliphatic rings. The van der Waals surface area contributed by atoms with Gasteiger partial charge in [0.2, 0.25) is 5.91 Å². The van der Waals surface area contributed by atoms with Gasteiger partial charge in [0.1, 0.15) is 17.6 Å². The average Bonchev–Trinajstić information content (AvgIpc) is 3.35. The number of rotatable bonds is 4. The standard InChI is InChI=1S/C19H27N5O2/c1-13(15-4-3-14-5-10-26-17(14)11-15)23-6-8-24(9-7-23)18-12-16(21-22-18)19(25)20-2/h3-4,11-13,16,21-22H,5-10H2,1-2H3,(H,20,25). The van der Waals surface area contributed by atoms with Crippen molar-refractivity contribution in [2.45, 2.75) is 25.4 Å². The fourth-order valence-electron chi connectivity index (χ4n) is 3.88. The van der Waals surface area contributed by atoms with E-state index in [1.54, 1.807) is 7.05 Å². The molecule has 0 spiro atoms. The van der Waals surface area contributed by atoms with Gasteiger partial charge in [-0.15, -0.1) is 0 Å². The Morgan fingerprint density at radius 1 is 1.31 bits per heavy atom. The maximum absolute atomic E-state index is 11.7. The predicted molar refractivity (Wildman–Crippen MR) is 99.4 cm³/mol. The number of nitrogens with one attached hydrogen (secondary N) is 3. The van der Waals surface area contributed by atoms with E-state index in [4.69, 9.17) is 4.74 Å². The third kappa shape index (κ3) is 3.24. The summed E-state index contributed by atoms with van der Waals surface area (Å²) in [6.45, 7) is 6.92. The van der Waals surface area contributed by atoms with E-state index >= 15 is 0 Å². The highest BCUT2D eigenvalue weighted by atomic mass is 16.5. The van der Waals surface area contributed by atoms with Gasteiger partial charge >= 0.3 is 0 Å². The van der Waals surface area contributed by atoms with E-state index in [1.807, 2.05) is 6.08 Å². The molecule has 4 rings (SSSR count). The van der Waals surface area contributed by atoms with Crippen LogP contribution in [0.3, 0.4) is 0 Å². The molecule has 2 atom stereocenters. The zero-order valence-corrected chi connectivity index (χ0v) is 15.4. The van der Waals surface area contributed by atoms with E-state index in [1.165, 1.54) is 11.1 Å². The molecule has 1 aromatic rings. The fraction of sp³-hybridized carbons (Fsp3) is 0.526. The van der Waals surface area contributed by atoms with Gasteiger partial charge < -0.3 is 20.4 Å². The summed E-state index contributed by atoms with van der Waals surface area (Å²) in [4.78, 5) is 16.5. The molecule has 3 N–H and O–H groups in total. The molecule has 0 aliphatic carbocycles. The van der Waals surface area contributed by atoms with Gasteiger partial charge in [-0.05, 0) is 30.2 Å². The van der Waals surface area contributed by atoms with E-state index in [-0.39, 0.29) is 11.9 Å². The lowest BCUT2D eigenvalue weighted by Gasteiger charge is -2.39. The van der Waals surface area contributed by atoms with E-state index in [9.17, 15) is 4.79 Å². The van der Waals surface area contributed by atoms with Crippen LogP contribution < -0.4 is 20.9 Å². The van der Waals surface area contributed by atoms with E-state index < -0.39 is 0 Å². The highest BCUT2D eigenvalue weighted by Crippen LogP contribution is 2.31. The van der Waals surface area contributed by atoms with E-state index in [0.29, 0.717) is 6.04 Å². The number of carbonyl (C=O) groups is 1. The molecule has 1 amide bonds. The summed E-state index contributed by atoms with van der Waals surface area (Å²) >= 11 is 0. The number of carbonyl (C=O) groups excluding carboxylic acids is 1. The number of amides is 1. The van der Waals surface area contributed by atoms with Crippen LogP contribution in [0.5, 0.6) is 5.75 Å². The Labute approximate surface area is 154 Å². The Morgan fingerprint density at radius 3 is 2.88 bits per heavy atom. The molecule has 1 fully saturated rings. The number of ether oxygens (including phenoxy) is 1. The number of benzene rings is 1. The first-order valence-corrected chi connectivity index (χ1v) is 9.35. The molecule has 0 radical (unpaired) electrons. The van der Waals surface area contributed by atoms with E-state index in [2.05, 4.69) is 51.1 Å². The van der Waals surface area contributed by atoms with Crippen LogP contribution in [0.15, 0.2) is 30.1 Å². The molecule has 7 heteroatoms. The van der Waals surface area contributed by atoms with Crippen molar-refractivity contribution >= 4 is 5.91 Å². The van der Waals surface area contributed by atoms with Crippen molar-refractivity contribution in [3.8, 4) is 5.75 Å². The van der Waals surface area contributed by atoms with Crippen LogP contribution in [-0.4, -0.2) is 61.6 Å². The number of nitrogens with zero attached hydrogens (tertiary/aromatic N) is 2. The van der Waals surface area contributed by atoms with Crippen LogP contribution in [0, 0.1) is 0 Å². The van der Waals surface area contributed by atoms with Crippen LogP contribution in [0.4, 0.5) is 0 Å². The Morgan fingerprint density at radius 2 is 2.12 bits per heavy atom. The van der Waals surface area contributed by atoms with E-state index in [0.717, 1.165) is 50.8 Å². The smallest absolute Gasteiger partial charge is 0.242 e. The maximum Gasteiger partial charge on any atom is 0.242 e. The molecule has 26 heavy (non-hydrogen) atoms. The van der Waals surface area contributed by atoms with Crippen molar-refractivity contribution in [3.63, 3.8) is 0 Å². The third-order valence-corrected chi connectivity index (χ3v) is 5.61. The van der Waals surface area contributed by atoms with Gasteiger partial charge in [0.15, 0.2) is 0 Å². The van der Waals surface area contributed by atoms with Crippen LogP contribution in [0.25, 0.3) is 0 Å². The SMILES string of the molecule is CNC(=O)C1C=C(N2CCN(C(C)c3ccc4c(c3)OCC4)CC2)NN1. The van der Waals surface area contributed by atoms with Crippen molar-refractivity contribution < 1.29 is 9.53 Å². The molecule has 1 saturated heterocycles. The molecule has 1 aromatic carbocycles. The van der Waals surface area contributed by atoms with Gasteiger partial charge in [-0.3, -0.25) is 9.69 Å². The monoisotopic (exact) mass is 357 g/mol. The van der Waals surface area contributed by atoms with Crippen LogP contribution in [0.2, 0.25) is 0 Å². The summed E-state index contributed by atoms with van der Waals surface area (Å²) in [7, 11) is 1.65. The molecule has 3 aliphatic heterocycles. The molecule has 7 nitrogen and oxygen atoms in total.